The number of carbonyl (C=O) groups excluding carboxylic acids is 1. The lowest BCUT2D eigenvalue weighted by Gasteiger charge is -2.29. The molecule has 0 spiro atoms. The number of hydrogen-bond donors (Lipinski definition) is 0. The largest absolute Gasteiger partial charge is 0.494 e. The Morgan fingerprint density at radius 3 is 2.72 bits per heavy atom. The van der Waals surface area contributed by atoms with E-state index in [-0.39, 0.29) is 18.3 Å². The average Bonchev–Trinajstić information content (AvgIpc) is 3.26. The minimum atomic E-state index is -0.365. The van der Waals surface area contributed by atoms with E-state index in [0.717, 1.165) is 17.8 Å². The monoisotopic (exact) mass is 479 g/mol. The summed E-state index contributed by atoms with van der Waals surface area (Å²) in [6.45, 7) is 3.89. The van der Waals surface area contributed by atoms with E-state index in [2.05, 4.69) is 9.88 Å². The number of ether oxygens (including phenoxy) is 3. The molecule has 2 aromatic carbocycles. The van der Waals surface area contributed by atoms with Crippen LogP contribution in [0.15, 0.2) is 36.4 Å². The van der Waals surface area contributed by atoms with E-state index >= 15 is 0 Å². The minimum absolute atomic E-state index is 0.199. The zero-order valence-electron chi connectivity index (χ0n) is 17.6. The van der Waals surface area contributed by atoms with Crippen molar-refractivity contribution in [3.63, 3.8) is 0 Å². The Labute approximate surface area is 194 Å². The number of fused-ring (bicyclic) bond motifs is 1. The molecule has 0 saturated carbocycles. The summed E-state index contributed by atoms with van der Waals surface area (Å²) < 4.78 is 30.3. The predicted molar refractivity (Wildman–Crippen MR) is 123 cm³/mol. The third-order valence-corrected chi connectivity index (χ3v) is 6.66. The molecular formula is C22H23ClFN3O4S. The molecule has 0 bridgehead atoms. The summed E-state index contributed by atoms with van der Waals surface area (Å²) >= 11 is 7.70. The van der Waals surface area contributed by atoms with Gasteiger partial charge in [0.2, 0.25) is 0 Å². The van der Waals surface area contributed by atoms with Crippen LogP contribution in [-0.2, 0) is 9.53 Å². The molecule has 10 heteroatoms. The van der Waals surface area contributed by atoms with E-state index in [4.69, 9.17) is 25.8 Å². The molecule has 0 aliphatic carbocycles. The molecule has 7 nitrogen and oxygen atoms in total. The highest BCUT2D eigenvalue weighted by atomic mass is 35.5. The number of amides is 1. The molecule has 170 valence electrons. The molecule has 1 aliphatic heterocycles. The Morgan fingerprint density at radius 2 is 2.00 bits per heavy atom. The number of halogens is 2. The number of nitrogens with zero attached hydrogens (tertiary/aromatic N) is 3. The maximum Gasteiger partial charge on any atom is 0.266 e. The van der Waals surface area contributed by atoms with Crippen molar-refractivity contribution >= 4 is 44.2 Å². The Kier molecular flexibility index (Phi) is 7.41. The van der Waals surface area contributed by atoms with Crippen molar-refractivity contribution in [1.82, 2.24) is 9.88 Å². The lowest BCUT2D eigenvalue weighted by Crippen LogP contribution is -2.44. The number of anilines is 1. The van der Waals surface area contributed by atoms with Gasteiger partial charge < -0.3 is 14.2 Å². The maximum absolute atomic E-state index is 13.2. The van der Waals surface area contributed by atoms with Crippen molar-refractivity contribution < 1.29 is 23.4 Å². The summed E-state index contributed by atoms with van der Waals surface area (Å²) in [5.74, 6) is 0.393. The molecule has 0 atom stereocenters. The molecule has 1 aromatic heterocycles. The highest BCUT2D eigenvalue weighted by Gasteiger charge is 2.24. The fraction of sp³-hybridized carbons (Fsp3) is 0.364. The summed E-state index contributed by atoms with van der Waals surface area (Å²) in [4.78, 5) is 21.7. The molecule has 0 radical (unpaired) electrons. The molecule has 32 heavy (non-hydrogen) atoms. The molecule has 1 amide bonds. The van der Waals surface area contributed by atoms with E-state index in [1.807, 2.05) is 0 Å². The molecular weight excluding hydrogens is 457 g/mol. The van der Waals surface area contributed by atoms with Gasteiger partial charge in [0.25, 0.3) is 5.91 Å². The number of carbonyl (C=O) groups is 1. The van der Waals surface area contributed by atoms with Crippen molar-refractivity contribution in [2.24, 2.45) is 0 Å². The SMILES string of the molecule is COc1ccc(Cl)c2sc(N(CCN3CCOCC3)C(=O)COc3ccc(F)cc3)nc12. The first kappa shape index (κ1) is 22.7. The Balaban J connectivity index is 1.56. The first-order chi connectivity index (χ1) is 15.5. The second-order valence-electron chi connectivity index (χ2n) is 7.17. The second-order valence-corrected chi connectivity index (χ2v) is 8.55. The van der Waals surface area contributed by atoms with E-state index in [1.54, 1.807) is 24.1 Å². The highest BCUT2D eigenvalue weighted by molar-refractivity contribution is 7.23. The van der Waals surface area contributed by atoms with Crippen molar-refractivity contribution in [3.05, 3.63) is 47.2 Å². The molecule has 1 fully saturated rings. The number of thiazole rings is 1. The summed E-state index contributed by atoms with van der Waals surface area (Å²) in [7, 11) is 1.57. The van der Waals surface area contributed by atoms with Crippen LogP contribution in [0.5, 0.6) is 11.5 Å². The number of benzene rings is 2. The second kappa shape index (κ2) is 10.4. The van der Waals surface area contributed by atoms with E-state index < -0.39 is 0 Å². The van der Waals surface area contributed by atoms with E-state index in [1.165, 1.54) is 35.6 Å². The zero-order valence-corrected chi connectivity index (χ0v) is 19.1. The van der Waals surface area contributed by atoms with Gasteiger partial charge in [-0.3, -0.25) is 14.6 Å². The van der Waals surface area contributed by atoms with Crippen LogP contribution in [0.4, 0.5) is 9.52 Å². The van der Waals surface area contributed by atoms with E-state index in [0.29, 0.717) is 53.5 Å². The summed E-state index contributed by atoms with van der Waals surface area (Å²) in [5.41, 5.74) is 0.614. The summed E-state index contributed by atoms with van der Waals surface area (Å²) in [6, 6.07) is 9.07. The Bertz CT molecular complexity index is 1070. The van der Waals surface area contributed by atoms with Crippen LogP contribution in [0.2, 0.25) is 5.02 Å². The van der Waals surface area contributed by atoms with Crippen LogP contribution in [0, 0.1) is 5.82 Å². The van der Waals surface area contributed by atoms with Gasteiger partial charge >= 0.3 is 0 Å². The Morgan fingerprint density at radius 1 is 1.25 bits per heavy atom. The number of morpholine rings is 1. The van der Waals surface area contributed by atoms with Crippen LogP contribution in [0.25, 0.3) is 10.2 Å². The summed E-state index contributed by atoms with van der Waals surface area (Å²) in [5, 5.41) is 1.07. The van der Waals surface area contributed by atoms with Crippen LogP contribution in [-0.4, -0.2) is 68.9 Å². The van der Waals surface area contributed by atoms with E-state index in [9.17, 15) is 9.18 Å². The van der Waals surface area contributed by atoms with Gasteiger partial charge in [0.1, 0.15) is 22.8 Å². The fourth-order valence-electron chi connectivity index (χ4n) is 3.37. The average molecular weight is 480 g/mol. The van der Waals surface area contributed by atoms with Crippen LogP contribution in [0.1, 0.15) is 0 Å². The van der Waals surface area contributed by atoms with Gasteiger partial charge in [0, 0.05) is 26.2 Å². The highest BCUT2D eigenvalue weighted by Crippen LogP contribution is 2.38. The zero-order chi connectivity index (χ0) is 22.5. The van der Waals surface area contributed by atoms with Gasteiger partial charge in [-0.1, -0.05) is 22.9 Å². The molecule has 2 heterocycles. The Hall–Kier alpha value is -2.46. The van der Waals surface area contributed by atoms with Crippen molar-refractivity contribution in [2.75, 3.05) is 58.0 Å². The lowest BCUT2D eigenvalue weighted by atomic mass is 10.3. The lowest BCUT2D eigenvalue weighted by molar-refractivity contribution is -0.120. The minimum Gasteiger partial charge on any atom is -0.494 e. The molecule has 3 aromatic rings. The number of rotatable bonds is 8. The molecule has 0 N–H and O–H groups in total. The molecule has 4 rings (SSSR count). The van der Waals surface area contributed by atoms with Crippen LogP contribution >= 0.6 is 22.9 Å². The molecule has 1 saturated heterocycles. The number of hydrogen-bond acceptors (Lipinski definition) is 7. The third-order valence-electron chi connectivity index (χ3n) is 5.12. The topological polar surface area (TPSA) is 64.1 Å². The first-order valence-corrected chi connectivity index (χ1v) is 11.4. The van der Waals surface area contributed by atoms with Gasteiger partial charge in [-0.2, -0.15) is 0 Å². The van der Waals surface area contributed by atoms with Crippen molar-refractivity contribution in [3.8, 4) is 11.5 Å². The standard InChI is InChI=1S/C22H23ClFN3O4S/c1-29-18-7-6-17(23)21-20(18)25-22(32-21)27(9-8-26-10-12-30-13-11-26)19(28)14-31-16-4-2-15(24)3-5-16/h2-7H,8-14H2,1H3. The van der Waals surface area contributed by atoms with Gasteiger partial charge in [0.05, 0.1) is 30.0 Å². The van der Waals surface area contributed by atoms with Gasteiger partial charge in [0.15, 0.2) is 11.7 Å². The van der Waals surface area contributed by atoms with Gasteiger partial charge in [-0.05, 0) is 36.4 Å². The first-order valence-electron chi connectivity index (χ1n) is 10.2. The number of methoxy groups -OCH3 is 1. The van der Waals surface area contributed by atoms with Crippen molar-refractivity contribution in [1.29, 1.82) is 0 Å². The fourth-order valence-corrected chi connectivity index (χ4v) is 4.67. The quantitative estimate of drug-likeness (QED) is 0.489. The molecule has 1 aliphatic rings. The third kappa shape index (κ3) is 5.29. The van der Waals surface area contributed by atoms with Crippen molar-refractivity contribution in [2.45, 2.75) is 0 Å². The van der Waals surface area contributed by atoms with Gasteiger partial charge in [-0.25, -0.2) is 9.37 Å². The van der Waals surface area contributed by atoms with Crippen LogP contribution in [0.3, 0.4) is 0 Å². The molecule has 0 unspecified atom stereocenters. The number of aromatic nitrogens is 1. The normalized spacial score (nSPS) is 14.5. The summed E-state index contributed by atoms with van der Waals surface area (Å²) in [6.07, 6.45) is 0. The van der Waals surface area contributed by atoms with Gasteiger partial charge in [-0.15, -0.1) is 0 Å². The predicted octanol–water partition coefficient (Wildman–Crippen LogP) is 3.84. The smallest absolute Gasteiger partial charge is 0.266 e. The van der Waals surface area contributed by atoms with Crippen LogP contribution < -0.4 is 14.4 Å². The maximum atomic E-state index is 13.2.